The van der Waals surface area contributed by atoms with Gasteiger partial charge in [0, 0.05) is 31.2 Å². The first-order chi connectivity index (χ1) is 19.5. The summed E-state index contributed by atoms with van der Waals surface area (Å²) in [5.41, 5.74) is 3.95. The van der Waals surface area contributed by atoms with Gasteiger partial charge in [0.2, 0.25) is 0 Å². The number of carbonyl (C=O) groups excluding carboxylic acids is 2. The van der Waals surface area contributed by atoms with Gasteiger partial charge in [-0.1, -0.05) is 54.8 Å². The monoisotopic (exact) mass is 541 g/mol. The molecule has 0 bridgehead atoms. The Kier molecular flexibility index (Phi) is 8.24. The van der Waals surface area contributed by atoms with Gasteiger partial charge in [-0.05, 0) is 94.3 Å². The van der Waals surface area contributed by atoms with E-state index in [-0.39, 0.29) is 24.0 Å². The maximum atomic E-state index is 13.7. The Morgan fingerprint density at radius 2 is 1.65 bits per heavy atom. The number of benzene rings is 2. The predicted octanol–water partition coefficient (Wildman–Crippen LogP) is 5.80. The summed E-state index contributed by atoms with van der Waals surface area (Å²) in [6.45, 7) is 6.77. The highest BCUT2D eigenvalue weighted by Crippen LogP contribution is 2.34. The molecule has 212 valence electrons. The maximum Gasteiger partial charge on any atom is 0.289 e. The Morgan fingerprint density at radius 1 is 0.900 bits per heavy atom. The molecular formula is C34H43N3O3. The number of ether oxygens (including phenoxy) is 1. The molecule has 2 aromatic carbocycles. The number of fused-ring (bicyclic) bond motifs is 1. The van der Waals surface area contributed by atoms with Crippen LogP contribution >= 0.6 is 0 Å². The number of carbonyl (C=O) groups is 2. The van der Waals surface area contributed by atoms with Crippen LogP contribution in [0.3, 0.4) is 0 Å². The molecule has 4 fully saturated rings. The zero-order chi connectivity index (χ0) is 27.5. The van der Waals surface area contributed by atoms with Crippen molar-refractivity contribution in [1.82, 2.24) is 14.7 Å². The molecule has 40 heavy (non-hydrogen) atoms. The molecule has 6 heteroatoms. The Hall–Kier alpha value is -3.12. The average Bonchev–Trinajstić information content (AvgIpc) is 3.00. The van der Waals surface area contributed by atoms with Crippen LogP contribution in [-0.2, 0) is 16.1 Å². The summed E-state index contributed by atoms with van der Waals surface area (Å²) >= 11 is 0. The van der Waals surface area contributed by atoms with E-state index in [1.807, 2.05) is 40.1 Å². The fraction of sp³-hybridized carbons (Fsp3) is 0.529. The number of morpholine rings is 1. The van der Waals surface area contributed by atoms with Gasteiger partial charge in [0.1, 0.15) is 6.10 Å². The second-order valence-electron chi connectivity index (χ2n) is 12.2. The lowest BCUT2D eigenvalue weighted by molar-refractivity contribution is -0.149. The summed E-state index contributed by atoms with van der Waals surface area (Å²) < 4.78 is 6.32. The third kappa shape index (κ3) is 5.97. The molecule has 6 nitrogen and oxygen atoms in total. The molecule has 3 aliphatic heterocycles. The maximum absolute atomic E-state index is 13.7. The molecule has 4 aliphatic rings. The predicted molar refractivity (Wildman–Crippen MR) is 158 cm³/mol. The normalized spacial score (nSPS) is 25.5. The highest BCUT2D eigenvalue weighted by Gasteiger charge is 2.41. The lowest BCUT2D eigenvalue weighted by Crippen LogP contribution is -2.54. The van der Waals surface area contributed by atoms with Crippen LogP contribution in [-0.4, -0.2) is 70.9 Å². The third-order valence-electron chi connectivity index (χ3n) is 9.37. The van der Waals surface area contributed by atoms with Crippen molar-refractivity contribution in [2.75, 3.05) is 26.2 Å². The van der Waals surface area contributed by atoms with Crippen molar-refractivity contribution in [2.45, 2.75) is 89.4 Å². The number of hydrogen-bond acceptors (Lipinski definition) is 4. The summed E-state index contributed by atoms with van der Waals surface area (Å²) in [6.07, 6.45) is 12.2. The number of rotatable bonds is 5. The Morgan fingerprint density at radius 3 is 2.40 bits per heavy atom. The molecule has 2 atom stereocenters. The molecule has 3 saturated heterocycles. The smallest absolute Gasteiger partial charge is 0.289 e. The van der Waals surface area contributed by atoms with Gasteiger partial charge in [-0.15, -0.1) is 0 Å². The van der Waals surface area contributed by atoms with E-state index in [1.165, 1.54) is 37.9 Å². The van der Waals surface area contributed by atoms with Crippen LogP contribution in [0.5, 0.6) is 0 Å². The van der Waals surface area contributed by atoms with Crippen molar-refractivity contribution in [1.29, 1.82) is 0 Å². The number of aryl methyl sites for hydroxylation is 1. The summed E-state index contributed by atoms with van der Waals surface area (Å²) in [5.74, 6) is 0.478. The molecule has 0 aromatic heterocycles. The number of amides is 2. The summed E-state index contributed by atoms with van der Waals surface area (Å²) in [4.78, 5) is 33.6. The lowest BCUT2D eigenvalue weighted by Gasteiger charge is -2.44. The first-order valence-electron chi connectivity index (χ1n) is 15.4. The third-order valence-corrected chi connectivity index (χ3v) is 9.37. The zero-order valence-electron chi connectivity index (χ0n) is 23.9. The second kappa shape index (κ2) is 12.2. The quantitative estimate of drug-likeness (QED) is 0.449. The molecular weight excluding hydrogens is 498 g/mol. The Bertz CT molecular complexity index is 1230. The van der Waals surface area contributed by atoms with Crippen LogP contribution in [0, 0.1) is 6.92 Å². The summed E-state index contributed by atoms with van der Waals surface area (Å²) in [6, 6.07) is 16.8. The van der Waals surface area contributed by atoms with Crippen molar-refractivity contribution >= 4 is 17.9 Å². The first-order valence-corrected chi connectivity index (χ1v) is 15.4. The fourth-order valence-electron chi connectivity index (χ4n) is 7.14. The highest BCUT2D eigenvalue weighted by atomic mass is 16.5. The zero-order valence-corrected chi connectivity index (χ0v) is 23.9. The molecule has 2 aromatic rings. The molecule has 0 spiro atoms. The first kappa shape index (κ1) is 27.1. The minimum absolute atomic E-state index is 0.0382. The topological polar surface area (TPSA) is 53.1 Å². The van der Waals surface area contributed by atoms with Crippen molar-refractivity contribution in [2.24, 2.45) is 0 Å². The minimum Gasteiger partial charge on any atom is -0.482 e. The van der Waals surface area contributed by atoms with E-state index in [9.17, 15) is 9.59 Å². The van der Waals surface area contributed by atoms with E-state index >= 15 is 0 Å². The van der Waals surface area contributed by atoms with Crippen LogP contribution in [0.4, 0.5) is 0 Å². The van der Waals surface area contributed by atoms with Gasteiger partial charge < -0.3 is 19.4 Å². The molecule has 2 amide bonds. The van der Waals surface area contributed by atoms with Gasteiger partial charge >= 0.3 is 0 Å². The van der Waals surface area contributed by atoms with Gasteiger partial charge in [0.15, 0.2) is 5.76 Å². The van der Waals surface area contributed by atoms with E-state index in [4.69, 9.17) is 4.74 Å². The SMILES string of the molecule is Cc1cccc(CN2C(=O)/C(=C\c3ccc(C(=O)N4CCC(N5CCCCC5)CC4)cc3)OC3CCCCC32)c1. The second-order valence-corrected chi connectivity index (χ2v) is 12.2. The van der Waals surface area contributed by atoms with E-state index in [1.54, 1.807) is 0 Å². The molecule has 1 saturated carbocycles. The van der Waals surface area contributed by atoms with Crippen LogP contribution in [0.2, 0.25) is 0 Å². The van der Waals surface area contributed by atoms with Crippen molar-refractivity contribution in [3.05, 3.63) is 76.5 Å². The van der Waals surface area contributed by atoms with E-state index in [2.05, 4.69) is 36.1 Å². The number of likely N-dealkylation sites (tertiary alicyclic amines) is 2. The highest BCUT2D eigenvalue weighted by molar-refractivity contribution is 5.97. The van der Waals surface area contributed by atoms with Gasteiger partial charge in [0.05, 0.1) is 6.04 Å². The number of hydrogen-bond donors (Lipinski definition) is 0. The standard InChI is InChI=1S/C34H43N3O3/c1-25-8-7-9-27(22-25)24-37-30-10-3-4-11-31(30)40-32(34(37)39)23-26-12-14-28(15-13-26)33(38)36-20-16-29(17-21-36)35-18-5-2-6-19-35/h7-9,12-15,22-23,29-31H,2-6,10-11,16-21,24H2,1H3/b32-23+. The fourth-order valence-corrected chi connectivity index (χ4v) is 7.14. The van der Waals surface area contributed by atoms with Crippen molar-refractivity contribution in [3.8, 4) is 0 Å². The molecule has 2 unspecified atom stereocenters. The van der Waals surface area contributed by atoms with E-state index < -0.39 is 0 Å². The van der Waals surface area contributed by atoms with E-state index in [0.717, 1.165) is 62.7 Å². The van der Waals surface area contributed by atoms with E-state index in [0.29, 0.717) is 23.9 Å². The van der Waals surface area contributed by atoms with Gasteiger partial charge in [-0.25, -0.2) is 0 Å². The average molecular weight is 542 g/mol. The molecule has 0 N–H and O–H groups in total. The van der Waals surface area contributed by atoms with Crippen LogP contribution in [0.1, 0.15) is 84.8 Å². The lowest BCUT2D eigenvalue weighted by atomic mass is 9.89. The van der Waals surface area contributed by atoms with Crippen molar-refractivity contribution in [3.63, 3.8) is 0 Å². The summed E-state index contributed by atoms with van der Waals surface area (Å²) in [5, 5.41) is 0. The van der Waals surface area contributed by atoms with Gasteiger partial charge in [0.25, 0.3) is 11.8 Å². The Balaban J connectivity index is 1.12. The minimum atomic E-state index is -0.0404. The van der Waals surface area contributed by atoms with Crippen LogP contribution in [0.15, 0.2) is 54.3 Å². The van der Waals surface area contributed by atoms with Crippen molar-refractivity contribution < 1.29 is 14.3 Å². The number of piperidine rings is 2. The largest absolute Gasteiger partial charge is 0.482 e. The molecule has 0 radical (unpaired) electrons. The number of nitrogens with zero attached hydrogens (tertiary/aromatic N) is 3. The molecule has 6 rings (SSSR count). The van der Waals surface area contributed by atoms with Gasteiger partial charge in [-0.2, -0.15) is 0 Å². The molecule has 3 heterocycles. The molecule has 1 aliphatic carbocycles. The summed E-state index contributed by atoms with van der Waals surface area (Å²) in [7, 11) is 0. The van der Waals surface area contributed by atoms with Crippen LogP contribution < -0.4 is 0 Å². The van der Waals surface area contributed by atoms with Gasteiger partial charge in [-0.3, -0.25) is 9.59 Å². The van der Waals surface area contributed by atoms with Crippen LogP contribution in [0.25, 0.3) is 6.08 Å². The Labute approximate surface area is 239 Å².